The summed E-state index contributed by atoms with van der Waals surface area (Å²) >= 11 is 3.42. The van der Waals surface area contributed by atoms with Gasteiger partial charge in [-0.05, 0) is 39.5 Å². The van der Waals surface area contributed by atoms with E-state index < -0.39 is 6.04 Å². The molecule has 0 saturated heterocycles. The van der Waals surface area contributed by atoms with Crippen LogP contribution in [0.25, 0.3) is 0 Å². The summed E-state index contributed by atoms with van der Waals surface area (Å²) in [5.41, 5.74) is 7.09. The number of esters is 1. The van der Waals surface area contributed by atoms with E-state index in [-0.39, 0.29) is 17.8 Å². The number of benzene rings is 1. The molecule has 4 nitrogen and oxygen atoms in total. The molecule has 1 aromatic rings. The molecular formula is C14H20BrNO3. The lowest BCUT2D eigenvalue weighted by atomic mass is 9.85. The number of carbonyl (C=O) groups is 1. The largest absolute Gasteiger partial charge is 0.496 e. The monoisotopic (exact) mass is 329 g/mol. The van der Waals surface area contributed by atoms with E-state index in [1.807, 2.05) is 32.0 Å². The van der Waals surface area contributed by atoms with E-state index in [0.717, 1.165) is 15.8 Å². The summed E-state index contributed by atoms with van der Waals surface area (Å²) < 4.78 is 10.8. The predicted octanol–water partition coefficient (Wildman–Crippen LogP) is 2.90. The highest BCUT2D eigenvalue weighted by Gasteiger charge is 2.30. The maximum Gasteiger partial charge on any atom is 0.310 e. The van der Waals surface area contributed by atoms with Crippen LogP contribution < -0.4 is 10.5 Å². The number of nitrogens with two attached hydrogens (primary N) is 1. The molecule has 0 spiro atoms. The zero-order valence-electron chi connectivity index (χ0n) is 11.6. The van der Waals surface area contributed by atoms with Gasteiger partial charge in [0.2, 0.25) is 0 Å². The summed E-state index contributed by atoms with van der Waals surface area (Å²) in [6, 6.07) is 5.16. The third-order valence-electron chi connectivity index (χ3n) is 3.14. The van der Waals surface area contributed by atoms with Gasteiger partial charge in [-0.15, -0.1) is 0 Å². The fourth-order valence-electron chi connectivity index (χ4n) is 2.07. The van der Waals surface area contributed by atoms with Crippen LogP contribution in [-0.4, -0.2) is 20.2 Å². The van der Waals surface area contributed by atoms with Crippen LogP contribution in [0.1, 0.15) is 25.5 Å². The molecule has 19 heavy (non-hydrogen) atoms. The van der Waals surface area contributed by atoms with Crippen LogP contribution in [0.15, 0.2) is 22.7 Å². The normalized spacial score (nSPS) is 14.1. The van der Waals surface area contributed by atoms with E-state index >= 15 is 0 Å². The molecule has 0 bridgehead atoms. The maximum atomic E-state index is 11.8. The number of ether oxygens (including phenoxy) is 2. The second-order valence-electron chi connectivity index (χ2n) is 4.71. The maximum absolute atomic E-state index is 11.8. The highest BCUT2D eigenvalue weighted by Crippen LogP contribution is 2.32. The molecule has 0 amide bonds. The van der Waals surface area contributed by atoms with Crippen molar-refractivity contribution in [3.8, 4) is 5.75 Å². The van der Waals surface area contributed by atoms with Crippen molar-refractivity contribution < 1.29 is 14.3 Å². The number of halogens is 1. The van der Waals surface area contributed by atoms with Crippen molar-refractivity contribution in [1.29, 1.82) is 0 Å². The van der Waals surface area contributed by atoms with Gasteiger partial charge in [-0.3, -0.25) is 4.79 Å². The third-order valence-corrected chi connectivity index (χ3v) is 3.76. The second kappa shape index (κ2) is 6.91. The molecule has 0 aliphatic heterocycles. The lowest BCUT2D eigenvalue weighted by Gasteiger charge is -2.25. The Hall–Kier alpha value is -1.07. The molecule has 1 rings (SSSR count). The van der Waals surface area contributed by atoms with Gasteiger partial charge in [0.1, 0.15) is 5.75 Å². The van der Waals surface area contributed by atoms with Gasteiger partial charge in [-0.25, -0.2) is 0 Å². The SMILES string of the molecule is COC(=O)C(C(C)C)C(N)c1ccc(OC)c(Br)c1. The molecule has 0 fully saturated rings. The first kappa shape index (κ1) is 16.0. The van der Waals surface area contributed by atoms with E-state index in [9.17, 15) is 4.79 Å². The molecule has 2 atom stereocenters. The first-order valence-corrected chi connectivity index (χ1v) is 6.88. The number of hydrogen-bond acceptors (Lipinski definition) is 4. The van der Waals surface area contributed by atoms with Gasteiger partial charge in [0.15, 0.2) is 0 Å². The zero-order valence-corrected chi connectivity index (χ0v) is 13.2. The van der Waals surface area contributed by atoms with E-state index in [1.54, 1.807) is 7.11 Å². The minimum Gasteiger partial charge on any atom is -0.496 e. The first-order valence-electron chi connectivity index (χ1n) is 6.09. The molecule has 0 aliphatic rings. The van der Waals surface area contributed by atoms with Crippen molar-refractivity contribution in [2.75, 3.05) is 14.2 Å². The Balaban J connectivity index is 3.06. The molecule has 1 aromatic carbocycles. The average Bonchev–Trinajstić information content (AvgIpc) is 2.37. The minimum atomic E-state index is -0.408. The number of hydrogen-bond donors (Lipinski definition) is 1. The molecule has 0 aliphatic carbocycles. The van der Waals surface area contributed by atoms with Gasteiger partial charge >= 0.3 is 5.97 Å². The van der Waals surface area contributed by atoms with Crippen molar-refractivity contribution >= 4 is 21.9 Å². The Kier molecular flexibility index (Phi) is 5.82. The third kappa shape index (κ3) is 3.70. The molecular weight excluding hydrogens is 310 g/mol. The molecule has 0 radical (unpaired) electrons. The van der Waals surface area contributed by atoms with Gasteiger partial charge in [-0.1, -0.05) is 19.9 Å². The van der Waals surface area contributed by atoms with Crippen LogP contribution in [0.5, 0.6) is 5.75 Å². The van der Waals surface area contributed by atoms with Crippen LogP contribution in [0.2, 0.25) is 0 Å². The quantitative estimate of drug-likeness (QED) is 0.844. The molecule has 106 valence electrons. The van der Waals surface area contributed by atoms with Gasteiger partial charge < -0.3 is 15.2 Å². The van der Waals surface area contributed by atoms with Crippen LogP contribution in [0.3, 0.4) is 0 Å². The lowest BCUT2D eigenvalue weighted by molar-refractivity contribution is -0.147. The summed E-state index contributed by atoms with van der Waals surface area (Å²) in [4.78, 5) is 11.8. The van der Waals surface area contributed by atoms with Gasteiger partial charge in [0, 0.05) is 6.04 Å². The first-order chi connectivity index (χ1) is 8.92. The van der Waals surface area contributed by atoms with E-state index in [1.165, 1.54) is 7.11 Å². The molecule has 2 unspecified atom stereocenters. The van der Waals surface area contributed by atoms with Crippen molar-refractivity contribution in [3.63, 3.8) is 0 Å². The van der Waals surface area contributed by atoms with Gasteiger partial charge in [-0.2, -0.15) is 0 Å². The minimum absolute atomic E-state index is 0.100. The van der Waals surface area contributed by atoms with Crippen molar-refractivity contribution in [3.05, 3.63) is 28.2 Å². The number of rotatable bonds is 5. The fraction of sp³-hybridized carbons (Fsp3) is 0.500. The van der Waals surface area contributed by atoms with E-state index in [2.05, 4.69) is 15.9 Å². The van der Waals surface area contributed by atoms with Crippen LogP contribution >= 0.6 is 15.9 Å². The molecule has 2 N–H and O–H groups in total. The van der Waals surface area contributed by atoms with Gasteiger partial charge in [0.05, 0.1) is 24.6 Å². The standard InChI is InChI=1S/C14H20BrNO3/c1-8(2)12(14(17)19-4)13(16)9-5-6-11(18-3)10(15)7-9/h5-8,12-13H,16H2,1-4H3. The average molecular weight is 330 g/mol. The Morgan fingerprint density at radius 2 is 1.95 bits per heavy atom. The Bertz CT molecular complexity index is 448. The van der Waals surface area contributed by atoms with Crippen molar-refractivity contribution in [2.24, 2.45) is 17.6 Å². The molecule has 0 saturated carbocycles. The molecule has 0 aromatic heterocycles. The summed E-state index contributed by atoms with van der Waals surface area (Å²) in [5.74, 6) is 0.179. The van der Waals surface area contributed by atoms with Crippen LogP contribution in [-0.2, 0) is 9.53 Å². The highest BCUT2D eigenvalue weighted by atomic mass is 79.9. The Labute approximate surface area is 122 Å². The van der Waals surface area contributed by atoms with Crippen molar-refractivity contribution in [2.45, 2.75) is 19.9 Å². The van der Waals surface area contributed by atoms with Crippen LogP contribution in [0, 0.1) is 11.8 Å². The summed E-state index contributed by atoms with van der Waals surface area (Å²) in [6.45, 7) is 3.92. The Morgan fingerprint density at radius 1 is 1.32 bits per heavy atom. The smallest absolute Gasteiger partial charge is 0.310 e. The summed E-state index contributed by atoms with van der Waals surface area (Å²) in [6.07, 6.45) is 0. The zero-order chi connectivity index (χ0) is 14.6. The molecule has 0 heterocycles. The summed E-state index contributed by atoms with van der Waals surface area (Å²) in [5, 5.41) is 0. The second-order valence-corrected chi connectivity index (χ2v) is 5.57. The Morgan fingerprint density at radius 3 is 2.37 bits per heavy atom. The number of carbonyl (C=O) groups excluding carboxylic acids is 1. The van der Waals surface area contributed by atoms with E-state index in [4.69, 9.17) is 15.2 Å². The van der Waals surface area contributed by atoms with E-state index in [0.29, 0.717) is 0 Å². The van der Waals surface area contributed by atoms with Gasteiger partial charge in [0.25, 0.3) is 0 Å². The lowest BCUT2D eigenvalue weighted by Crippen LogP contribution is -2.33. The van der Waals surface area contributed by atoms with Crippen molar-refractivity contribution in [1.82, 2.24) is 0 Å². The predicted molar refractivity (Wildman–Crippen MR) is 78.0 cm³/mol. The fourth-order valence-corrected chi connectivity index (χ4v) is 2.63. The number of methoxy groups -OCH3 is 2. The van der Waals surface area contributed by atoms with Crippen LogP contribution in [0.4, 0.5) is 0 Å². The topological polar surface area (TPSA) is 61.5 Å². The highest BCUT2D eigenvalue weighted by molar-refractivity contribution is 9.10. The molecule has 5 heteroatoms. The summed E-state index contributed by atoms with van der Waals surface area (Å²) in [7, 11) is 2.99.